The van der Waals surface area contributed by atoms with Gasteiger partial charge in [0.05, 0.1) is 0 Å². The fourth-order valence-corrected chi connectivity index (χ4v) is 2.26. The Kier molecular flexibility index (Phi) is 3.51. The van der Waals surface area contributed by atoms with Crippen molar-refractivity contribution in [2.45, 2.75) is 18.9 Å². The van der Waals surface area contributed by atoms with Gasteiger partial charge in [0.1, 0.15) is 24.5 Å². The van der Waals surface area contributed by atoms with Gasteiger partial charge in [-0.15, -0.1) is 0 Å². The minimum absolute atomic E-state index is 0.0108. The lowest BCUT2D eigenvalue weighted by atomic mass is 10.1. The molecule has 0 amide bonds. The van der Waals surface area contributed by atoms with Crippen molar-refractivity contribution in [1.82, 2.24) is 4.98 Å². The summed E-state index contributed by atoms with van der Waals surface area (Å²) in [6.07, 6.45) is 3.21. The van der Waals surface area contributed by atoms with Crippen molar-refractivity contribution >= 4 is 0 Å². The van der Waals surface area contributed by atoms with E-state index >= 15 is 0 Å². The molecular weight excluding hydrogens is 252 g/mol. The summed E-state index contributed by atoms with van der Waals surface area (Å²) in [6, 6.07) is 13.6. The largest absolute Gasteiger partial charge is 0.486 e. The molecule has 3 rings (SSSR count). The van der Waals surface area contributed by atoms with Crippen LogP contribution in [-0.4, -0.2) is 17.7 Å². The van der Waals surface area contributed by atoms with Crippen molar-refractivity contribution in [3.05, 3.63) is 53.9 Å². The van der Waals surface area contributed by atoms with Crippen molar-refractivity contribution in [3.8, 4) is 17.6 Å². The third-order valence-electron chi connectivity index (χ3n) is 3.30. The molecule has 2 heterocycles. The predicted molar refractivity (Wildman–Crippen MR) is 73.6 cm³/mol. The second-order valence-corrected chi connectivity index (χ2v) is 4.66. The van der Waals surface area contributed by atoms with Crippen molar-refractivity contribution in [2.75, 3.05) is 6.61 Å². The van der Waals surface area contributed by atoms with Crippen LogP contribution in [0.4, 0.5) is 0 Å². The predicted octanol–water partition coefficient (Wildman–Crippen LogP) is 2.73. The molecular formula is C16H14N2O2. The maximum Gasteiger partial charge on any atom is 0.161 e. The molecule has 100 valence electrons. The van der Waals surface area contributed by atoms with Crippen molar-refractivity contribution in [3.63, 3.8) is 0 Å². The standard InChI is InChI=1S/C16H14N2O2/c17-10-14-12(4-3-9-18-14)7-8-13-11-19-15-5-1-2-6-16(15)20-13/h1-6,9,13H,7-8,11H2. The Labute approximate surface area is 117 Å². The highest BCUT2D eigenvalue weighted by atomic mass is 16.6. The van der Waals surface area contributed by atoms with Gasteiger partial charge in [0.2, 0.25) is 0 Å². The zero-order valence-electron chi connectivity index (χ0n) is 11.0. The normalized spacial score (nSPS) is 16.4. The van der Waals surface area contributed by atoms with Gasteiger partial charge < -0.3 is 9.47 Å². The average molecular weight is 266 g/mol. The van der Waals surface area contributed by atoms with E-state index in [2.05, 4.69) is 11.1 Å². The number of para-hydroxylation sites is 2. The van der Waals surface area contributed by atoms with Gasteiger partial charge in [0, 0.05) is 6.20 Å². The van der Waals surface area contributed by atoms with Crippen LogP contribution in [0.25, 0.3) is 0 Å². The number of aryl methyl sites for hydroxylation is 1. The van der Waals surface area contributed by atoms with E-state index in [4.69, 9.17) is 14.7 Å². The number of ether oxygens (including phenoxy) is 2. The molecule has 1 unspecified atom stereocenters. The summed E-state index contributed by atoms with van der Waals surface area (Å²) in [5.41, 5.74) is 1.45. The molecule has 0 saturated heterocycles. The summed E-state index contributed by atoms with van der Waals surface area (Å²) in [6.45, 7) is 0.541. The number of aromatic nitrogens is 1. The van der Waals surface area contributed by atoms with Gasteiger partial charge in [0.15, 0.2) is 11.5 Å². The molecule has 4 heteroatoms. The monoisotopic (exact) mass is 266 g/mol. The Morgan fingerprint density at radius 1 is 1.20 bits per heavy atom. The van der Waals surface area contributed by atoms with E-state index in [9.17, 15) is 0 Å². The molecule has 1 aliphatic rings. The summed E-state index contributed by atoms with van der Waals surface area (Å²) in [5.74, 6) is 1.58. The molecule has 0 bridgehead atoms. The number of nitrogens with zero attached hydrogens (tertiary/aromatic N) is 2. The first-order valence-corrected chi connectivity index (χ1v) is 6.59. The first-order chi connectivity index (χ1) is 9.86. The number of benzene rings is 1. The molecule has 0 radical (unpaired) electrons. The van der Waals surface area contributed by atoms with E-state index in [0.29, 0.717) is 12.3 Å². The van der Waals surface area contributed by atoms with Crippen LogP contribution in [-0.2, 0) is 6.42 Å². The fraction of sp³-hybridized carbons (Fsp3) is 0.250. The van der Waals surface area contributed by atoms with Crippen LogP contribution in [0, 0.1) is 11.3 Å². The maximum atomic E-state index is 9.02. The molecule has 1 aromatic heterocycles. The van der Waals surface area contributed by atoms with Crippen LogP contribution in [0.3, 0.4) is 0 Å². The second kappa shape index (κ2) is 5.62. The van der Waals surface area contributed by atoms with Gasteiger partial charge in [-0.3, -0.25) is 0 Å². The summed E-state index contributed by atoms with van der Waals surface area (Å²) in [7, 11) is 0. The second-order valence-electron chi connectivity index (χ2n) is 4.66. The number of nitriles is 1. The van der Waals surface area contributed by atoms with E-state index in [1.807, 2.05) is 36.4 Å². The highest BCUT2D eigenvalue weighted by Crippen LogP contribution is 2.31. The van der Waals surface area contributed by atoms with E-state index < -0.39 is 0 Å². The van der Waals surface area contributed by atoms with Gasteiger partial charge in [-0.25, -0.2) is 4.98 Å². The van der Waals surface area contributed by atoms with Crippen LogP contribution in [0.15, 0.2) is 42.6 Å². The highest BCUT2D eigenvalue weighted by molar-refractivity contribution is 5.40. The van der Waals surface area contributed by atoms with Crippen molar-refractivity contribution in [2.24, 2.45) is 0 Å². The molecule has 1 aromatic carbocycles. The minimum atomic E-state index is 0.0108. The van der Waals surface area contributed by atoms with Crippen LogP contribution < -0.4 is 9.47 Å². The Balaban J connectivity index is 1.65. The molecule has 1 aliphatic heterocycles. The van der Waals surface area contributed by atoms with Crippen LogP contribution in [0.5, 0.6) is 11.5 Å². The molecule has 4 nitrogen and oxygen atoms in total. The van der Waals surface area contributed by atoms with Gasteiger partial charge in [-0.2, -0.15) is 5.26 Å². The number of hydrogen-bond donors (Lipinski definition) is 0. The summed E-state index contributed by atoms with van der Waals surface area (Å²) in [4.78, 5) is 4.06. The Morgan fingerprint density at radius 2 is 2.05 bits per heavy atom. The molecule has 0 N–H and O–H groups in total. The Hall–Kier alpha value is -2.54. The third kappa shape index (κ3) is 2.57. The number of rotatable bonds is 3. The fourth-order valence-electron chi connectivity index (χ4n) is 2.26. The van der Waals surface area contributed by atoms with Crippen LogP contribution in [0.1, 0.15) is 17.7 Å². The number of fused-ring (bicyclic) bond motifs is 1. The smallest absolute Gasteiger partial charge is 0.161 e. The first kappa shape index (κ1) is 12.5. The SMILES string of the molecule is N#Cc1ncccc1CCC1COc2ccccc2O1. The first-order valence-electron chi connectivity index (χ1n) is 6.59. The quantitative estimate of drug-likeness (QED) is 0.857. The molecule has 1 atom stereocenters. The summed E-state index contributed by atoms with van der Waals surface area (Å²) in [5, 5.41) is 9.02. The lowest BCUT2D eigenvalue weighted by molar-refractivity contribution is 0.0851. The van der Waals surface area contributed by atoms with E-state index in [0.717, 1.165) is 29.9 Å². The van der Waals surface area contributed by atoms with Crippen LogP contribution >= 0.6 is 0 Å². The zero-order valence-corrected chi connectivity index (χ0v) is 11.0. The molecule has 0 fully saturated rings. The van der Waals surface area contributed by atoms with Crippen molar-refractivity contribution in [1.29, 1.82) is 5.26 Å². The third-order valence-corrected chi connectivity index (χ3v) is 3.30. The number of hydrogen-bond acceptors (Lipinski definition) is 4. The minimum Gasteiger partial charge on any atom is -0.486 e. The van der Waals surface area contributed by atoms with E-state index in [1.165, 1.54) is 0 Å². The number of pyridine rings is 1. The van der Waals surface area contributed by atoms with Crippen molar-refractivity contribution < 1.29 is 9.47 Å². The van der Waals surface area contributed by atoms with Gasteiger partial charge in [-0.1, -0.05) is 18.2 Å². The van der Waals surface area contributed by atoms with Gasteiger partial charge in [-0.05, 0) is 36.6 Å². The van der Waals surface area contributed by atoms with Gasteiger partial charge in [0.25, 0.3) is 0 Å². The molecule has 0 saturated carbocycles. The molecule has 20 heavy (non-hydrogen) atoms. The highest BCUT2D eigenvalue weighted by Gasteiger charge is 2.20. The Morgan fingerprint density at radius 3 is 2.90 bits per heavy atom. The van der Waals surface area contributed by atoms with Crippen LogP contribution in [0.2, 0.25) is 0 Å². The lowest BCUT2D eigenvalue weighted by Crippen LogP contribution is -2.29. The summed E-state index contributed by atoms with van der Waals surface area (Å²) < 4.78 is 11.6. The molecule has 0 spiro atoms. The molecule has 0 aliphatic carbocycles. The molecule has 2 aromatic rings. The lowest BCUT2D eigenvalue weighted by Gasteiger charge is -2.26. The summed E-state index contributed by atoms with van der Waals surface area (Å²) >= 11 is 0. The van der Waals surface area contributed by atoms with E-state index in [-0.39, 0.29) is 6.10 Å². The van der Waals surface area contributed by atoms with Gasteiger partial charge >= 0.3 is 0 Å². The Bertz CT molecular complexity index is 649. The topological polar surface area (TPSA) is 55.1 Å². The maximum absolute atomic E-state index is 9.02. The van der Waals surface area contributed by atoms with E-state index in [1.54, 1.807) is 6.20 Å². The zero-order chi connectivity index (χ0) is 13.8. The average Bonchev–Trinajstić information content (AvgIpc) is 2.53.